The van der Waals surface area contributed by atoms with Gasteiger partial charge in [-0.3, -0.25) is 0 Å². The van der Waals surface area contributed by atoms with Crippen LogP contribution in [0.1, 0.15) is 36.1 Å². The minimum Gasteiger partial charge on any atom is -0.0955 e. The van der Waals surface area contributed by atoms with Gasteiger partial charge in [0.15, 0.2) is 0 Å². The van der Waals surface area contributed by atoms with Crippen LogP contribution in [0.25, 0.3) is 5.57 Å². The maximum absolute atomic E-state index is 3.98. The van der Waals surface area contributed by atoms with Crippen LogP contribution in [-0.4, -0.2) is 0 Å². The van der Waals surface area contributed by atoms with E-state index in [2.05, 4.69) is 46.4 Å². The van der Waals surface area contributed by atoms with Crippen LogP contribution in [-0.2, 0) is 6.42 Å². The number of hydrogen-bond donors (Lipinski definition) is 0. The van der Waals surface area contributed by atoms with Crippen molar-refractivity contribution in [3.8, 4) is 0 Å². The molecule has 0 atom stereocenters. The molecule has 0 heterocycles. The van der Waals surface area contributed by atoms with Gasteiger partial charge in [-0.25, -0.2) is 0 Å². The van der Waals surface area contributed by atoms with Crippen molar-refractivity contribution in [2.75, 3.05) is 0 Å². The highest BCUT2D eigenvalue weighted by molar-refractivity contribution is 5.65. The predicted molar refractivity (Wildman–Crippen MR) is 60.0 cm³/mol. The molecular weight excluding hydrogens is 156 g/mol. The maximum atomic E-state index is 3.98. The molecule has 0 aliphatic heterocycles. The lowest BCUT2D eigenvalue weighted by atomic mass is 9.95. The summed E-state index contributed by atoms with van der Waals surface area (Å²) in [7, 11) is 0. The molecule has 0 N–H and O–H groups in total. The first-order valence-corrected chi connectivity index (χ1v) is 4.82. The molecule has 1 rings (SSSR count). The molecule has 0 saturated heterocycles. The lowest BCUT2D eigenvalue weighted by molar-refractivity contribution is 1.10. The Balaban J connectivity index is 3.28. The summed E-state index contributed by atoms with van der Waals surface area (Å²) in [4.78, 5) is 0. The molecular formula is C13H18. The Bertz CT molecular complexity index is 332. The minimum atomic E-state index is 1.11. The smallest absolute Gasteiger partial charge is 0.0201 e. The van der Waals surface area contributed by atoms with E-state index in [0.717, 1.165) is 12.0 Å². The van der Waals surface area contributed by atoms with Gasteiger partial charge < -0.3 is 0 Å². The molecule has 0 aliphatic rings. The van der Waals surface area contributed by atoms with Gasteiger partial charge in [0, 0.05) is 0 Å². The summed E-state index contributed by atoms with van der Waals surface area (Å²) in [6.07, 6.45) is 1.11. The molecule has 13 heavy (non-hydrogen) atoms. The Morgan fingerprint density at radius 3 is 2.31 bits per heavy atom. The molecule has 0 saturated carbocycles. The third kappa shape index (κ3) is 2.00. The first kappa shape index (κ1) is 10.0. The number of hydrogen-bond acceptors (Lipinski definition) is 0. The van der Waals surface area contributed by atoms with Gasteiger partial charge in [0.25, 0.3) is 0 Å². The van der Waals surface area contributed by atoms with E-state index in [1.807, 2.05) is 0 Å². The highest BCUT2D eigenvalue weighted by Crippen LogP contribution is 2.21. The van der Waals surface area contributed by atoms with Gasteiger partial charge in [-0.05, 0) is 49.4 Å². The Morgan fingerprint density at radius 1 is 1.23 bits per heavy atom. The molecule has 0 spiro atoms. The van der Waals surface area contributed by atoms with E-state index < -0.39 is 0 Å². The largest absolute Gasteiger partial charge is 0.0955 e. The molecule has 0 radical (unpaired) electrons. The average Bonchev–Trinajstić information content (AvgIpc) is 2.07. The lowest BCUT2D eigenvalue weighted by Crippen LogP contribution is -1.92. The molecule has 0 unspecified atom stereocenters. The van der Waals surface area contributed by atoms with E-state index in [9.17, 15) is 0 Å². The fourth-order valence-corrected chi connectivity index (χ4v) is 1.72. The topological polar surface area (TPSA) is 0 Å². The quantitative estimate of drug-likeness (QED) is 0.638. The Hall–Kier alpha value is -1.04. The van der Waals surface area contributed by atoms with E-state index >= 15 is 0 Å². The summed E-state index contributed by atoms with van der Waals surface area (Å²) in [6, 6.07) is 4.52. The number of benzene rings is 1. The number of allylic oxidation sites excluding steroid dienone is 1. The summed E-state index contributed by atoms with van der Waals surface area (Å²) in [5.41, 5.74) is 6.63. The van der Waals surface area contributed by atoms with Crippen LogP contribution in [0, 0.1) is 13.8 Å². The van der Waals surface area contributed by atoms with Crippen LogP contribution in [0.15, 0.2) is 18.7 Å². The van der Waals surface area contributed by atoms with Gasteiger partial charge in [0.1, 0.15) is 0 Å². The number of aryl methyl sites for hydroxylation is 3. The van der Waals surface area contributed by atoms with Crippen molar-refractivity contribution in [2.24, 2.45) is 0 Å². The maximum Gasteiger partial charge on any atom is -0.0201 e. The van der Waals surface area contributed by atoms with Crippen LogP contribution in [0.5, 0.6) is 0 Å². The van der Waals surface area contributed by atoms with E-state index in [4.69, 9.17) is 0 Å². The van der Waals surface area contributed by atoms with Crippen LogP contribution in [0.4, 0.5) is 0 Å². The first-order valence-electron chi connectivity index (χ1n) is 4.82. The van der Waals surface area contributed by atoms with Gasteiger partial charge in [-0.2, -0.15) is 0 Å². The summed E-state index contributed by atoms with van der Waals surface area (Å²) >= 11 is 0. The average molecular weight is 174 g/mol. The predicted octanol–water partition coefficient (Wildman–Crippen LogP) is 3.90. The van der Waals surface area contributed by atoms with E-state index in [0.29, 0.717) is 0 Å². The molecule has 0 nitrogen and oxygen atoms in total. The molecule has 0 aliphatic carbocycles. The number of rotatable bonds is 2. The summed E-state index contributed by atoms with van der Waals surface area (Å²) in [5.74, 6) is 0. The van der Waals surface area contributed by atoms with Gasteiger partial charge in [0.2, 0.25) is 0 Å². The van der Waals surface area contributed by atoms with Crippen LogP contribution in [0.2, 0.25) is 0 Å². The zero-order valence-electron chi connectivity index (χ0n) is 9.07. The van der Waals surface area contributed by atoms with Crippen molar-refractivity contribution in [1.82, 2.24) is 0 Å². The second-order valence-corrected chi connectivity index (χ2v) is 3.73. The molecule has 1 aromatic carbocycles. The first-order chi connectivity index (χ1) is 6.06. The van der Waals surface area contributed by atoms with Crippen LogP contribution in [0.3, 0.4) is 0 Å². The second kappa shape index (κ2) is 3.78. The van der Waals surface area contributed by atoms with Gasteiger partial charge in [-0.1, -0.05) is 31.2 Å². The Morgan fingerprint density at radius 2 is 1.85 bits per heavy atom. The standard InChI is InChI=1S/C13H18/c1-6-12-7-11(5)13(9(2)3)8-10(12)4/h7-8H,2,6H2,1,3-5H3. The zero-order chi connectivity index (χ0) is 10.0. The van der Waals surface area contributed by atoms with E-state index in [-0.39, 0.29) is 0 Å². The van der Waals surface area contributed by atoms with Crippen molar-refractivity contribution in [1.29, 1.82) is 0 Å². The van der Waals surface area contributed by atoms with Gasteiger partial charge in [0.05, 0.1) is 0 Å². The SMILES string of the molecule is C=C(C)c1cc(C)c(CC)cc1C. The van der Waals surface area contributed by atoms with Crippen molar-refractivity contribution in [3.05, 3.63) is 41.0 Å². The molecule has 0 fully saturated rings. The third-order valence-electron chi connectivity index (χ3n) is 2.52. The summed E-state index contributed by atoms with van der Waals surface area (Å²) < 4.78 is 0. The van der Waals surface area contributed by atoms with Crippen LogP contribution >= 0.6 is 0 Å². The zero-order valence-corrected chi connectivity index (χ0v) is 9.07. The van der Waals surface area contributed by atoms with Crippen molar-refractivity contribution < 1.29 is 0 Å². The Kier molecular flexibility index (Phi) is 2.92. The van der Waals surface area contributed by atoms with Crippen molar-refractivity contribution >= 4 is 5.57 Å². The second-order valence-electron chi connectivity index (χ2n) is 3.73. The lowest BCUT2D eigenvalue weighted by Gasteiger charge is -2.10. The molecule has 0 amide bonds. The van der Waals surface area contributed by atoms with Gasteiger partial charge >= 0.3 is 0 Å². The van der Waals surface area contributed by atoms with Gasteiger partial charge in [-0.15, -0.1) is 0 Å². The monoisotopic (exact) mass is 174 g/mol. The molecule has 1 aromatic rings. The van der Waals surface area contributed by atoms with Crippen molar-refractivity contribution in [2.45, 2.75) is 34.1 Å². The normalized spacial score (nSPS) is 10.2. The van der Waals surface area contributed by atoms with Crippen molar-refractivity contribution in [3.63, 3.8) is 0 Å². The fourth-order valence-electron chi connectivity index (χ4n) is 1.72. The molecule has 70 valence electrons. The molecule has 0 bridgehead atoms. The fraction of sp³-hybridized carbons (Fsp3) is 0.385. The summed E-state index contributed by atoms with van der Waals surface area (Å²) in [6.45, 7) is 12.6. The molecule has 0 aromatic heterocycles. The van der Waals surface area contributed by atoms with E-state index in [1.165, 1.54) is 22.3 Å². The van der Waals surface area contributed by atoms with E-state index in [1.54, 1.807) is 0 Å². The van der Waals surface area contributed by atoms with Crippen LogP contribution < -0.4 is 0 Å². The third-order valence-corrected chi connectivity index (χ3v) is 2.52. The highest BCUT2D eigenvalue weighted by Gasteiger charge is 2.03. The minimum absolute atomic E-state index is 1.11. The Labute approximate surface area is 81.3 Å². The molecule has 0 heteroatoms. The highest BCUT2D eigenvalue weighted by atomic mass is 14.1. The summed E-state index contributed by atoms with van der Waals surface area (Å²) in [5, 5.41) is 0.